The summed E-state index contributed by atoms with van der Waals surface area (Å²) >= 11 is 1.37. The molecule has 0 aliphatic rings. The van der Waals surface area contributed by atoms with E-state index in [2.05, 4.69) is 15.2 Å². The van der Waals surface area contributed by atoms with Gasteiger partial charge < -0.3 is 11.5 Å². The zero-order valence-corrected chi connectivity index (χ0v) is 12.8. The lowest BCUT2D eigenvalue weighted by Crippen LogP contribution is -2.21. The molecule has 0 saturated heterocycles. The molecule has 1 aromatic carbocycles. The number of fused-ring (bicyclic) bond motifs is 1. The van der Waals surface area contributed by atoms with Crippen molar-refractivity contribution in [2.45, 2.75) is 0 Å². The molecular formula is C13H10FN7O2S. The lowest BCUT2D eigenvalue weighted by atomic mass is 10.1. The van der Waals surface area contributed by atoms with E-state index < -0.39 is 16.4 Å². The number of hydrogen-bond donors (Lipinski definition) is 2. The number of halogens is 1. The predicted octanol–water partition coefficient (Wildman–Crippen LogP) is 1.72. The van der Waals surface area contributed by atoms with Crippen molar-refractivity contribution in [2.24, 2.45) is 21.7 Å². The fourth-order valence-electron chi connectivity index (χ4n) is 2.09. The smallest absolute Gasteiger partial charge is 0.305 e. The highest BCUT2D eigenvalue weighted by Gasteiger charge is 2.19. The van der Waals surface area contributed by atoms with Gasteiger partial charge in [0.15, 0.2) is 4.96 Å². The highest BCUT2D eigenvalue weighted by Crippen LogP contribution is 2.29. The van der Waals surface area contributed by atoms with E-state index >= 15 is 0 Å². The third-order valence-corrected chi connectivity index (χ3v) is 3.83. The molecule has 3 aromatic rings. The van der Waals surface area contributed by atoms with Crippen LogP contribution in [0, 0.1) is 15.9 Å². The zero-order valence-electron chi connectivity index (χ0n) is 12.0. The minimum Gasteiger partial charge on any atom is -0.369 e. The van der Waals surface area contributed by atoms with E-state index in [1.165, 1.54) is 23.6 Å². The monoisotopic (exact) mass is 347 g/mol. The second-order valence-electron chi connectivity index (χ2n) is 4.59. The van der Waals surface area contributed by atoms with Gasteiger partial charge in [-0.1, -0.05) is 0 Å². The van der Waals surface area contributed by atoms with Gasteiger partial charge in [-0.3, -0.25) is 14.5 Å². The highest BCUT2D eigenvalue weighted by molar-refractivity contribution is 7.15. The summed E-state index contributed by atoms with van der Waals surface area (Å²) in [5.74, 6) is -1.13. The molecule has 2 heterocycles. The van der Waals surface area contributed by atoms with Crippen molar-refractivity contribution in [1.29, 1.82) is 0 Å². The van der Waals surface area contributed by atoms with Crippen molar-refractivity contribution in [1.82, 2.24) is 9.38 Å². The number of nitro benzene ring substituents is 1. The molecule has 0 radical (unpaired) electrons. The summed E-state index contributed by atoms with van der Waals surface area (Å²) in [5, 5.41) is 20.0. The largest absolute Gasteiger partial charge is 0.369 e. The molecule has 122 valence electrons. The number of aromatic nitrogens is 2. The second kappa shape index (κ2) is 6.04. The maximum Gasteiger partial charge on any atom is 0.305 e. The van der Waals surface area contributed by atoms with Crippen molar-refractivity contribution in [2.75, 3.05) is 0 Å². The molecule has 0 saturated carbocycles. The normalized spacial score (nSPS) is 11.2. The van der Waals surface area contributed by atoms with Crippen LogP contribution in [0.1, 0.15) is 5.69 Å². The Morgan fingerprint density at radius 1 is 1.46 bits per heavy atom. The van der Waals surface area contributed by atoms with Crippen molar-refractivity contribution < 1.29 is 9.31 Å². The Morgan fingerprint density at radius 3 is 2.96 bits per heavy atom. The average Bonchev–Trinajstić information content (AvgIpc) is 3.09. The molecule has 0 amide bonds. The maximum atomic E-state index is 13.5. The first kappa shape index (κ1) is 15.6. The first-order chi connectivity index (χ1) is 11.5. The molecular weight excluding hydrogens is 337 g/mol. The molecule has 4 N–H and O–H groups in total. The van der Waals surface area contributed by atoms with Gasteiger partial charge in [0.05, 0.1) is 22.5 Å². The van der Waals surface area contributed by atoms with Gasteiger partial charge in [0.25, 0.3) is 0 Å². The van der Waals surface area contributed by atoms with Crippen LogP contribution in [-0.2, 0) is 0 Å². The third kappa shape index (κ3) is 2.79. The molecule has 0 fully saturated rings. The molecule has 11 heteroatoms. The molecule has 0 spiro atoms. The number of rotatable bonds is 4. The van der Waals surface area contributed by atoms with Crippen LogP contribution in [0.25, 0.3) is 16.2 Å². The van der Waals surface area contributed by atoms with Gasteiger partial charge >= 0.3 is 5.69 Å². The minimum absolute atomic E-state index is 0.212. The van der Waals surface area contributed by atoms with Crippen LogP contribution >= 0.6 is 11.3 Å². The van der Waals surface area contributed by atoms with Crippen LogP contribution < -0.4 is 11.5 Å². The predicted molar refractivity (Wildman–Crippen MR) is 88.5 cm³/mol. The van der Waals surface area contributed by atoms with Crippen LogP contribution in [0.2, 0.25) is 0 Å². The summed E-state index contributed by atoms with van der Waals surface area (Å²) in [4.78, 5) is 15.2. The van der Waals surface area contributed by atoms with E-state index in [1.807, 2.05) is 5.38 Å². The quantitative estimate of drug-likeness (QED) is 0.320. The molecule has 0 unspecified atom stereocenters. The Kier molecular flexibility index (Phi) is 3.92. The number of thiazole rings is 1. The lowest BCUT2D eigenvalue weighted by molar-refractivity contribution is -0.387. The number of nitrogens with zero attached hydrogens (tertiary/aromatic N) is 5. The summed E-state index contributed by atoms with van der Waals surface area (Å²) < 4.78 is 15.3. The van der Waals surface area contributed by atoms with Gasteiger partial charge in [-0.15, -0.1) is 16.4 Å². The van der Waals surface area contributed by atoms with Gasteiger partial charge in [-0.05, 0) is 12.1 Å². The second-order valence-corrected chi connectivity index (χ2v) is 5.47. The Hall–Kier alpha value is -3.34. The molecule has 0 aliphatic carbocycles. The van der Waals surface area contributed by atoms with Crippen molar-refractivity contribution in [3.05, 3.63) is 51.4 Å². The first-order valence-corrected chi connectivity index (χ1v) is 7.37. The van der Waals surface area contributed by atoms with Crippen LogP contribution in [0.4, 0.5) is 10.1 Å². The number of hydrogen-bond acceptors (Lipinski definition) is 6. The number of nitrogens with two attached hydrogens (primary N) is 2. The Labute approximate surface area is 137 Å². The SMILES string of the molecule is NC(N)=N/N=C/c1c(-c2ccc(F)c([N+](=O)[O-])c2)nc2sccn12. The molecule has 0 atom stereocenters. The standard InChI is InChI=1S/C13H10FN7O2S/c14-8-2-1-7(5-9(8)21(22)23)11-10(6-17-19-12(15)16)20-3-4-24-13(20)18-11/h1-6H,(H4,15,16,19)/b17-6+. The van der Waals surface area contributed by atoms with Crippen LogP contribution in [-0.4, -0.2) is 26.5 Å². The van der Waals surface area contributed by atoms with Crippen LogP contribution in [0.5, 0.6) is 0 Å². The highest BCUT2D eigenvalue weighted by atomic mass is 32.1. The Balaban J connectivity index is 2.17. The van der Waals surface area contributed by atoms with Gasteiger partial charge in [-0.2, -0.15) is 9.49 Å². The van der Waals surface area contributed by atoms with Crippen molar-refractivity contribution in [3.8, 4) is 11.3 Å². The molecule has 0 bridgehead atoms. The Bertz CT molecular complexity index is 988. The first-order valence-electron chi connectivity index (χ1n) is 6.49. The summed E-state index contributed by atoms with van der Waals surface area (Å²) in [7, 11) is 0. The van der Waals surface area contributed by atoms with E-state index in [1.54, 1.807) is 10.6 Å². The fraction of sp³-hybridized carbons (Fsp3) is 0. The van der Waals surface area contributed by atoms with Crippen molar-refractivity contribution in [3.63, 3.8) is 0 Å². The summed E-state index contributed by atoms with van der Waals surface area (Å²) in [6, 6.07) is 3.56. The van der Waals surface area contributed by atoms with E-state index in [9.17, 15) is 14.5 Å². The van der Waals surface area contributed by atoms with Crippen LogP contribution in [0.15, 0.2) is 40.0 Å². The summed E-state index contributed by atoms with van der Waals surface area (Å²) in [6.45, 7) is 0. The molecule has 2 aromatic heterocycles. The average molecular weight is 347 g/mol. The zero-order chi connectivity index (χ0) is 17.3. The third-order valence-electron chi connectivity index (χ3n) is 3.07. The van der Waals surface area contributed by atoms with Gasteiger partial charge in [0.2, 0.25) is 11.8 Å². The number of nitro groups is 1. The van der Waals surface area contributed by atoms with Gasteiger partial charge in [0.1, 0.15) is 0 Å². The number of benzene rings is 1. The number of guanidine groups is 1. The Morgan fingerprint density at radius 2 is 2.25 bits per heavy atom. The minimum atomic E-state index is -0.916. The van der Waals surface area contributed by atoms with Gasteiger partial charge in [-0.25, -0.2) is 4.98 Å². The summed E-state index contributed by atoms with van der Waals surface area (Å²) in [6.07, 6.45) is 3.13. The van der Waals surface area contributed by atoms with Gasteiger partial charge in [0, 0.05) is 23.2 Å². The molecule has 3 rings (SSSR count). The maximum absolute atomic E-state index is 13.5. The van der Waals surface area contributed by atoms with Crippen LogP contribution in [0.3, 0.4) is 0 Å². The molecule has 24 heavy (non-hydrogen) atoms. The summed E-state index contributed by atoms with van der Waals surface area (Å²) in [5.41, 5.74) is 11.1. The molecule has 9 nitrogen and oxygen atoms in total. The van der Waals surface area contributed by atoms with Crippen molar-refractivity contribution >= 4 is 34.2 Å². The van der Waals surface area contributed by atoms with E-state index in [0.29, 0.717) is 21.9 Å². The van der Waals surface area contributed by atoms with E-state index in [-0.39, 0.29) is 5.96 Å². The van der Waals surface area contributed by atoms with E-state index in [4.69, 9.17) is 11.5 Å². The lowest BCUT2D eigenvalue weighted by Gasteiger charge is -2.01. The number of imidazole rings is 1. The molecule has 0 aliphatic heterocycles. The topological polar surface area (TPSA) is 137 Å². The fourth-order valence-corrected chi connectivity index (χ4v) is 2.81. The van der Waals surface area contributed by atoms with E-state index in [0.717, 1.165) is 12.1 Å².